The summed E-state index contributed by atoms with van der Waals surface area (Å²) in [4.78, 5) is 28.6. The Kier molecular flexibility index (Phi) is 9.97. The molecule has 0 aliphatic heterocycles. The second kappa shape index (κ2) is 12.3. The van der Waals surface area contributed by atoms with E-state index in [0.717, 1.165) is 21.7 Å². The Morgan fingerprint density at radius 1 is 1.05 bits per heavy atom. The first-order valence-corrected chi connectivity index (χ1v) is 13.9. The van der Waals surface area contributed by atoms with Crippen LogP contribution in [0, 0.1) is 6.92 Å². The van der Waals surface area contributed by atoms with Gasteiger partial charge in [-0.15, -0.1) is 0 Å². The maximum Gasteiger partial charge on any atom is 0.244 e. The monoisotopic (exact) mass is 533 g/mol. The number of aryl methyl sites for hydroxylation is 1. The van der Waals surface area contributed by atoms with Crippen LogP contribution in [0.4, 0.5) is 5.69 Å². The molecule has 2 aromatic rings. The number of anilines is 1. The lowest BCUT2D eigenvalue weighted by molar-refractivity contribution is -0.141. The molecule has 0 spiro atoms. The summed E-state index contributed by atoms with van der Waals surface area (Å²) < 4.78 is 37.4. The van der Waals surface area contributed by atoms with Crippen molar-refractivity contribution in [1.29, 1.82) is 0 Å². The lowest BCUT2D eigenvalue weighted by Crippen LogP contribution is -2.55. The van der Waals surface area contributed by atoms with E-state index >= 15 is 0 Å². The maximum atomic E-state index is 13.9. The third-order valence-electron chi connectivity index (χ3n) is 5.82. The summed E-state index contributed by atoms with van der Waals surface area (Å²) >= 11 is 0. The Morgan fingerprint density at radius 3 is 2.22 bits per heavy atom. The summed E-state index contributed by atoms with van der Waals surface area (Å²) in [5.74, 6) is -0.0978. The number of nitrogens with one attached hydrogen (secondary N) is 1. The topological polar surface area (TPSA) is 105 Å². The molecule has 0 bridgehead atoms. The normalized spacial score (nSPS) is 12.4. The highest BCUT2D eigenvalue weighted by Gasteiger charge is 2.34. The van der Waals surface area contributed by atoms with Gasteiger partial charge in [0, 0.05) is 18.2 Å². The van der Waals surface area contributed by atoms with Gasteiger partial charge in [-0.05, 0) is 57.4 Å². The van der Waals surface area contributed by atoms with E-state index in [2.05, 4.69) is 5.32 Å². The second-order valence-corrected chi connectivity index (χ2v) is 11.8. The lowest BCUT2D eigenvalue weighted by atomic mass is 10.0. The molecule has 204 valence electrons. The number of carbonyl (C=O) groups excluding carboxylic acids is 2. The minimum absolute atomic E-state index is 0.152. The molecule has 1 N–H and O–H groups in total. The largest absolute Gasteiger partial charge is 0.497 e. The summed E-state index contributed by atoms with van der Waals surface area (Å²) in [6.07, 6.45) is 1.38. The van der Waals surface area contributed by atoms with E-state index in [4.69, 9.17) is 9.47 Å². The van der Waals surface area contributed by atoms with E-state index in [9.17, 15) is 18.0 Å². The molecule has 0 fully saturated rings. The van der Waals surface area contributed by atoms with Crippen LogP contribution in [0.1, 0.15) is 45.2 Å². The number of nitrogens with zero attached hydrogens (tertiary/aromatic N) is 2. The number of rotatable bonds is 11. The van der Waals surface area contributed by atoms with Crippen LogP contribution in [0.25, 0.3) is 0 Å². The summed E-state index contributed by atoms with van der Waals surface area (Å²) in [5, 5.41) is 2.95. The molecule has 0 aliphatic carbocycles. The van der Waals surface area contributed by atoms with E-state index in [0.29, 0.717) is 12.2 Å². The van der Waals surface area contributed by atoms with Gasteiger partial charge in [-0.25, -0.2) is 8.42 Å². The summed E-state index contributed by atoms with van der Waals surface area (Å²) in [6.45, 7) is 9.00. The van der Waals surface area contributed by atoms with Gasteiger partial charge in [0.2, 0.25) is 21.8 Å². The quantitative estimate of drug-likeness (QED) is 0.474. The van der Waals surface area contributed by atoms with Crippen LogP contribution < -0.4 is 19.1 Å². The summed E-state index contributed by atoms with van der Waals surface area (Å²) in [7, 11) is -0.996. The number of benzene rings is 2. The average Bonchev–Trinajstić information content (AvgIpc) is 2.81. The SMILES string of the molecule is CCC(C(=O)NC(C)(C)C)N(Cc1ccccc1C)C(=O)CN(c1ccc(OC)cc1OC)S(C)(=O)=O. The zero-order valence-electron chi connectivity index (χ0n) is 23.0. The number of ether oxygens (including phenoxy) is 2. The molecule has 0 saturated heterocycles. The number of hydrogen-bond acceptors (Lipinski definition) is 6. The van der Waals surface area contributed by atoms with Crippen LogP contribution in [-0.4, -0.2) is 63.7 Å². The highest BCUT2D eigenvalue weighted by molar-refractivity contribution is 7.92. The van der Waals surface area contributed by atoms with Gasteiger partial charge in [-0.3, -0.25) is 13.9 Å². The molecule has 0 radical (unpaired) electrons. The highest BCUT2D eigenvalue weighted by atomic mass is 32.2. The first-order valence-electron chi connectivity index (χ1n) is 12.1. The number of carbonyl (C=O) groups is 2. The van der Waals surface area contributed by atoms with Gasteiger partial charge in [0.05, 0.1) is 26.2 Å². The summed E-state index contributed by atoms with van der Waals surface area (Å²) in [6, 6.07) is 11.5. The van der Waals surface area contributed by atoms with E-state index in [1.165, 1.54) is 25.2 Å². The van der Waals surface area contributed by atoms with E-state index < -0.39 is 34.1 Å². The fraction of sp³-hybridized carbons (Fsp3) is 0.481. The van der Waals surface area contributed by atoms with Gasteiger partial charge in [-0.1, -0.05) is 31.2 Å². The van der Waals surface area contributed by atoms with Crippen molar-refractivity contribution in [3.05, 3.63) is 53.6 Å². The zero-order valence-corrected chi connectivity index (χ0v) is 23.8. The van der Waals surface area contributed by atoms with Crippen molar-refractivity contribution in [3.8, 4) is 11.5 Å². The third kappa shape index (κ3) is 8.11. The van der Waals surface area contributed by atoms with Gasteiger partial charge in [0.1, 0.15) is 24.1 Å². The molecule has 37 heavy (non-hydrogen) atoms. The van der Waals surface area contributed by atoms with Crippen LogP contribution in [0.3, 0.4) is 0 Å². The minimum atomic E-state index is -3.90. The van der Waals surface area contributed by atoms with Crippen LogP contribution in [0.15, 0.2) is 42.5 Å². The highest BCUT2D eigenvalue weighted by Crippen LogP contribution is 2.33. The molecule has 1 unspecified atom stereocenters. The predicted molar refractivity (Wildman–Crippen MR) is 145 cm³/mol. The van der Waals surface area contributed by atoms with Crippen LogP contribution in [0.5, 0.6) is 11.5 Å². The molecule has 9 nitrogen and oxygen atoms in total. The fourth-order valence-corrected chi connectivity index (χ4v) is 4.78. The van der Waals surface area contributed by atoms with Gasteiger partial charge in [0.15, 0.2) is 0 Å². The minimum Gasteiger partial charge on any atom is -0.497 e. The smallest absolute Gasteiger partial charge is 0.244 e. The molecule has 10 heteroatoms. The number of amides is 2. The summed E-state index contributed by atoms with van der Waals surface area (Å²) in [5.41, 5.74) is 1.52. The van der Waals surface area contributed by atoms with Crippen molar-refractivity contribution >= 4 is 27.5 Å². The average molecular weight is 534 g/mol. The fourth-order valence-electron chi connectivity index (χ4n) is 3.93. The van der Waals surface area contributed by atoms with Crippen molar-refractivity contribution < 1.29 is 27.5 Å². The molecule has 2 amide bonds. The first kappa shape index (κ1) is 30.0. The van der Waals surface area contributed by atoms with Gasteiger partial charge in [-0.2, -0.15) is 0 Å². The number of methoxy groups -OCH3 is 2. The van der Waals surface area contributed by atoms with Gasteiger partial charge >= 0.3 is 0 Å². The maximum absolute atomic E-state index is 13.9. The molecular weight excluding hydrogens is 494 g/mol. The lowest BCUT2D eigenvalue weighted by Gasteiger charge is -2.35. The molecule has 0 heterocycles. The Hall–Kier alpha value is -3.27. The van der Waals surface area contributed by atoms with E-state index in [1.54, 1.807) is 12.1 Å². The Bertz CT molecular complexity index is 1210. The Balaban J connectivity index is 2.54. The van der Waals surface area contributed by atoms with Crippen LogP contribution in [0.2, 0.25) is 0 Å². The molecule has 1 atom stereocenters. The van der Waals surface area contributed by atoms with Crippen molar-refractivity contribution in [1.82, 2.24) is 10.2 Å². The van der Waals surface area contributed by atoms with Crippen molar-refractivity contribution in [3.63, 3.8) is 0 Å². The van der Waals surface area contributed by atoms with Gasteiger partial charge in [0.25, 0.3) is 0 Å². The van der Waals surface area contributed by atoms with E-state index in [1.807, 2.05) is 58.9 Å². The predicted octanol–water partition coefficient (Wildman–Crippen LogP) is 3.50. The van der Waals surface area contributed by atoms with Crippen molar-refractivity contribution in [2.24, 2.45) is 0 Å². The standard InChI is InChI=1S/C27H39N3O6S/c1-9-22(26(32)28-27(3,4)5)29(17-20-13-11-10-12-19(20)2)25(31)18-30(37(8,33)34)23-15-14-21(35-6)16-24(23)36-7/h10-16,22H,9,17-18H2,1-8H3,(H,28,32). The zero-order chi connectivity index (χ0) is 28.0. The Morgan fingerprint density at radius 2 is 1.70 bits per heavy atom. The second-order valence-electron chi connectivity index (χ2n) is 9.92. The molecular formula is C27H39N3O6S. The number of sulfonamides is 1. The molecule has 0 aliphatic rings. The van der Waals surface area contributed by atoms with Crippen LogP contribution in [-0.2, 0) is 26.2 Å². The molecule has 0 aromatic heterocycles. The third-order valence-corrected chi connectivity index (χ3v) is 6.95. The van der Waals surface area contributed by atoms with Crippen molar-refractivity contribution in [2.45, 2.75) is 59.2 Å². The van der Waals surface area contributed by atoms with Crippen LogP contribution >= 0.6 is 0 Å². The molecule has 0 saturated carbocycles. The number of hydrogen-bond donors (Lipinski definition) is 1. The van der Waals surface area contributed by atoms with Gasteiger partial charge < -0.3 is 19.7 Å². The van der Waals surface area contributed by atoms with Crippen molar-refractivity contribution in [2.75, 3.05) is 31.3 Å². The van der Waals surface area contributed by atoms with E-state index in [-0.39, 0.29) is 23.9 Å². The molecule has 2 rings (SSSR count). The first-order chi connectivity index (χ1) is 17.2. The Labute approximate surface area is 220 Å². The molecule has 2 aromatic carbocycles.